The number of carbonyl (C=O) groups is 1. The Labute approximate surface area is 92.6 Å². The Balaban J connectivity index is 2.26. The van der Waals surface area contributed by atoms with E-state index in [-0.39, 0.29) is 11.9 Å². The van der Waals surface area contributed by atoms with Gasteiger partial charge in [0.2, 0.25) is 0 Å². The van der Waals surface area contributed by atoms with Gasteiger partial charge >= 0.3 is 5.97 Å². The summed E-state index contributed by atoms with van der Waals surface area (Å²) in [7, 11) is 1.45. The third-order valence-corrected chi connectivity index (χ3v) is 3.40. The first-order valence-corrected chi connectivity index (χ1v) is 5.96. The van der Waals surface area contributed by atoms with Gasteiger partial charge in [-0.1, -0.05) is 26.7 Å². The Morgan fingerprint density at radius 1 is 1.47 bits per heavy atom. The fraction of sp³-hybridized carbons (Fsp3) is 0.917. The maximum atomic E-state index is 11.2. The van der Waals surface area contributed by atoms with Crippen LogP contribution >= 0.6 is 0 Å². The minimum atomic E-state index is -0.119. The number of hydrogen-bond donors (Lipinski definition) is 1. The van der Waals surface area contributed by atoms with Crippen LogP contribution < -0.4 is 5.32 Å². The van der Waals surface area contributed by atoms with Gasteiger partial charge in [-0.25, -0.2) is 0 Å². The Bertz CT molecular complexity index is 206. The number of hydrogen-bond acceptors (Lipinski definition) is 3. The molecule has 0 aromatic rings. The molecule has 3 atom stereocenters. The van der Waals surface area contributed by atoms with Gasteiger partial charge in [-0.15, -0.1) is 0 Å². The number of rotatable bonds is 4. The monoisotopic (exact) mass is 213 g/mol. The van der Waals surface area contributed by atoms with Gasteiger partial charge in [-0.2, -0.15) is 0 Å². The zero-order valence-corrected chi connectivity index (χ0v) is 10.1. The Kier molecular flexibility index (Phi) is 5.09. The van der Waals surface area contributed by atoms with E-state index in [0.29, 0.717) is 6.04 Å². The molecule has 0 aromatic carbocycles. The third kappa shape index (κ3) is 3.82. The SMILES string of the molecule is COC(=O)[C@H](C)CN[C@@H]1CCCC[C@@H]1C. The number of methoxy groups -OCH3 is 1. The molecular formula is C12H23NO2. The van der Waals surface area contributed by atoms with Gasteiger partial charge in [0.25, 0.3) is 0 Å². The molecule has 0 amide bonds. The first-order valence-electron chi connectivity index (χ1n) is 5.96. The third-order valence-electron chi connectivity index (χ3n) is 3.40. The van der Waals surface area contributed by atoms with Gasteiger partial charge in [0.15, 0.2) is 0 Å². The van der Waals surface area contributed by atoms with Crippen LogP contribution in [0.25, 0.3) is 0 Å². The van der Waals surface area contributed by atoms with E-state index in [4.69, 9.17) is 4.74 Å². The molecule has 1 rings (SSSR count). The summed E-state index contributed by atoms with van der Waals surface area (Å²) in [6.45, 7) is 4.94. The molecular weight excluding hydrogens is 190 g/mol. The number of esters is 1. The Hall–Kier alpha value is -0.570. The lowest BCUT2D eigenvalue weighted by Gasteiger charge is -2.30. The van der Waals surface area contributed by atoms with Gasteiger partial charge in [-0.3, -0.25) is 4.79 Å². The van der Waals surface area contributed by atoms with Gasteiger partial charge in [0, 0.05) is 12.6 Å². The zero-order valence-electron chi connectivity index (χ0n) is 10.1. The molecule has 0 aromatic heterocycles. The molecule has 0 unspecified atom stereocenters. The predicted molar refractivity (Wildman–Crippen MR) is 60.6 cm³/mol. The molecule has 0 aliphatic heterocycles. The minimum Gasteiger partial charge on any atom is -0.469 e. The molecule has 0 heterocycles. The average molecular weight is 213 g/mol. The van der Waals surface area contributed by atoms with Gasteiger partial charge in [0.05, 0.1) is 13.0 Å². The van der Waals surface area contributed by atoms with Gasteiger partial charge < -0.3 is 10.1 Å². The second-order valence-electron chi connectivity index (χ2n) is 4.70. The molecule has 0 bridgehead atoms. The van der Waals surface area contributed by atoms with Crippen molar-refractivity contribution in [3.8, 4) is 0 Å². The van der Waals surface area contributed by atoms with Gasteiger partial charge in [0.1, 0.15) is 0 Å². The minimum absolute atomic E-state index is 0.0378. The lowest BCUT2D eigenvalue weighted by Crippen LogP contribution is -2.40. The molecule has 3 heteroatoms. The summed E-state index contributed by atoms with van der Waals surface area (Å²) in [6, 6.07) is 0.589. The van der Waals surface area contributed by atoms with Crippen LogP contribution in [-0.2, 0) is 9.53 Å². The summed E-state index contributed by atoms with van der Waals surface area (Å²) >= 11 is 0. The molecule has 15 heavy (non-hydrogen) atoms. The smallest absolute Gasteiger partial charge is 0.309 e. The van der Waals surface area contributed by atoms with E-state index in [1.54, 1.807) is 0 Å². The Morgan fingerprint density at radius 3 is 2.73 bits per heavy atom. The molecule has 1 aliphatic rings. The van der Waals surface area contributed by atoms with E-state index in [1.807, 2.05) is 6.92 Å². The normalized spacial score (nSPS) is 28.5. The van der Waals surface area contributed by atoms with Crippen LogP contribution in [0, 0.1) is 11.8 Å². The highest BCUT2D eigenvalue weighted by Gasteiger charge is 2.22. The summed E-state index contributed by atoms with van der Waals surface area (Å²) in [6.07, 6.45) is 5.22. The standard InChI is InChI=1S/C12H23NO2/c1-9-6-4-5-7-11(9)13-8-10(2)12(14)15-3/h9-11,13H,4-8H2,1-3H3/t9-,10+,11+/m0/s1. The first kappa shape index (κ1) is 12.5. The van der Waals surface area contributed by atoms with E-state index < -0.39 is 0 Å². The summed E-state index contributed by atoms with van der Waals surface area (Å²) in [4.78, 5) is 11.2. The van der Waals surface area contributed by atoms with Crippen molar-refractivity contribution in [3.05, 3.63) is 0 Å². The van der Waals surface area contributed by atoms with E-state index >= 15 is 0 Å². The van der Waals surface area contributed by atoms with E-state index in [9.17, 15) is 4.79 Å². The van der Waals surface area contributed by atoms with Crippen molar-refractivity contribution in [2.24, 2.45) is 11.8 Å². The van der Waals surface area contributed by atoms with Crippen molar-refractivity contribution in [2.45, 2.75) is 45.6 Å². The van der Waals surface area contributed by atoms with Crippen LogP contribution in [0.3, 0.4) is 0 Å². The van der Waals surface area contributed by atoms with Crippen LogP contribution in [0.2, 0.25) is 0 Å². The maximum absolute atomic E-state index is 11.2. The summed E-state index contributed by atoms with van der Waals surface area (Å²) < 4.78 is 4.70. The maximum Gasteiger partial charge on any atom is 0.309 e. The molecule has 0 saturated heterocycles. The first-order chi connectivity index (χ1) is 7.15. The van der Waals surface area contributed by atoms with Crippen molar-refractivity contribution in [1.82, 2.24) is 5.32 Å². The number of carbonyl (C=O) groups excluding carboxylic acids is 1. The van der Waals surface area contributed by atoms with Crippen LogP contribution in [0.1, 0.15) is 39.5 Å². The molecule has 1 saturated carbocycles. The average Bonchev–Trinajstić information content (AvgIpc) is 2.26. The molecule has 1 N–H and O–H groups in total. The second-order valence-corrected chi connectivity index (χ2v) is 4.70. The van der Waals surface area contributed by atoms with E-state index in [1.165, 1.54) is 32.8 Å². The molecule has 0 radical (unpaired) electrons. The van der Waals surface area contributed by atoms with Crippen LogP contribution in [0.15, 0.2) is 0 Å². The number of ether oxygens (including phenoxy) is 1. The fourth-order valence-electron chi connectivity index (χ4n) is 2.23. The van der Waals surface area contributed by atoms with Crippen molar-refractivity contribution < 1.29 is 9.53 Å². The second kappa shape index (κ2) is 6.11. The topological polar surface area (TPSA) is 38.3 Å². The van der Waals surface area contributed by atoms with E-state index in [2.05, 4.69) is 12.2 Å². The number of nitrogens with one attached hydrogen (secondary N) is 1. The van der Waals surface area contributed by atoms with Crippen LogP contribution in [-0.4, -0.2) is 25.7 Å². The highest BCUT2D eigenvalue weighted by molar-refractivity contribution is 5.72. The van der Waals surface area contributed by atoms with Crippen molar-refractivity contribution in [1.29, 1.82) is 0 Å². The summed E-state index contributed by atoms with van der Waals surface area (Å²) in [5.74, 6) is 0.582. The molecule has 88 valence electrons. The van der Waals surface area contributed by atoms with Crippen LogP contribution in [0.4, 0.5) is 0 Å². The lowest BCUT2D eigenvalue weighted by molar-refractivity contribution is -0.144. The van der Waals surface area contributed by atoms with Crippen molar-refractivity contribution in [2.75, 3.05) is 13.7 Å². The van der Waals surface area contributed by atoms with E-state index in [0.717, 1.165) is 12.5 Å². The van der Waals surface area contributed by atoms with Crippen molar-refractivity contribution >= 4 is 5.97 Å². The lowest BCUT2D eigenvalue weighted by atomic mass is 9.86. The molecule has 1 fully saturated rings. The summed E-state index contributed by atoms with van der Waals surface area (Å²) in [5, 5.41) is 3.49. The molecule has 0 spiro atoms. The predicted octanol–water partition coefficient (Wildman–Crippen LogP) is 1.96. The zero-order chi connectivity index (χ0) is 11.3. The molecule has 1 aliphatic carbocycles. The Morgan fingerprint density at radius 2 is 2.13 bits per heavy atom. The largest absolute Gasteiger partial charge is 0.469 e. The summed E-state index contributed by atoms with van der Waals surface area (Å²) in [5.41, 5.74) is 0. The highest BCUT2D eigenvalue weighted by Crippen LogP contribution is 2.23. The van der Waals surface area contributed by atoms with Crippen LogP contribution in [0.5, 0.6) is 0 Å². The highest BCUT2D eigenvalue weighted by atomic mass is 16.5. The fourth-order valence-corrected chi connectivity index (χ4v) is 2.23. The molecule has 3 nitrogen and oxygen atoms in total. The quantitative estimate of drug-likeness (QED) is 0.726. The van der Waals surface area contributed by atoms with Gasteiger partial charge in [-0.05, 0) is 18.8 Å². The van der Waals surface area contributed by atoms with Crippen molar-refractivity contribution in [3.63, 3.8) is 0 Å².